The molecule has 17 heavy (non-hydrogen) atoms. The first kappa shape index (κ1) is 12.2. The zero-order valence-corrected chi connectivity index (χ0v) is 10.5. The monoisotopic (exact) mass is 269 g/mol. The van der Waals surface area contributed by atoms with Gasteiger partial charge in [0.15, 0.2) is 0 Å². The minimum Gasteiger partial charge on any atom is -0.469 e. The van der Waals surface area contributed by atoms with E-state index < -0.39 is 11.3 Å². The molecule has 0 N–H and O–H groups in total. The molecule has 0 radical (unpaired) electrons. The molecule has 1 aromatic carbocycles. The molecule has 0 saturated heterocycles. The van der Waals surface area contributed by atoms with Crippen LogP contribution >= 0.6 is 23.2 Å². The van der Waals surface area contributed by atoms with Crippen molar-refractivity contribution in [1.82, 2.24) is 0 Å². The van der Waals surface area contributed by atoms with E-state index in [1.807, 2.05) is 0 Å². The number of benzene rings is 1. The van der Waals surface area contributed by atoms with Crippen LogP contribution in [-0.4, -0.2) is 13.1 Å². The van der Waals surface area contributed by atoms with Crippen molar-refractivity contribution in [2.75, 3.05) is 7.11 Å². The van der Waals surface area contributed by atoms with Gasteiger partial charge in [-0.1, -0.05) is 29.3 Å². The maximum absolute atomic E-state index is 11.4. The predicted molar refractivity (Wildman–Crippen MR) is 63.9 cm³/mol. The average Bonchev–Trinajstić information content (AvgIpc) is 3.07. The van der Waals surface area contributed by atoms with Crippen molar-refractivity contribution in [2.45, 2.75) is 11.8 Å². The fourth-order valence-corrected chi connectivity index (χ4v) is 2.27. The lowest BCUT2D eigenvalue weighted by Gasteiger charge is -2.09. The fourth-order valence-electron chi connectivity index (χ4n) is 1.97. The number of nitrogens with zero attached hydrogens (tertiary/aromatic N) is 1. The van der Waals surface area contributed by atoms with Crippen molar-refractivity contribution in [1.29, 1.82) is 5.26 Å². The van der Waals surface area contributed by atoms with Gasteiger partial charge in [-0.05, 0) is 24.1 Å². The molecule has 88 valence electrons. The van der Waals surface area contributed by atoms with Gasteiger partial charge in [-0.25, -0.2) is 0 Å². The van der Waals surface area contributed by atoms with Crippen molar-refractivity contribution in [2.24, 2.45) is 5.92 Å². The van der Waals surface area contributed by atoms with Crippen LogP contribution in [-0.2, 0) is 14.9 Å². The first-order chi connectivity index (χ1) is 8.05. The summed E-state index contributed by atoms with van der Waals surface area (Å²) >= 11 is 11.7. The van der Waals surface area contributed by atoms with Gasteiger partial charge in [0.25, 0.3) is 0 Å². The van der Waals surface area contributed by atoms with E-state index in [1.54, 1.807) is 18.2 Å². The molecule has 1 aliphatic rings. The lowest BCUT2D eigenvalue weighted by Crippen LogP contribution is -2.14. The van der Waals surface area contributed by atoms with Crippen molar-refractivity contribution < 1.29 is 9.53 Å². The Labute approximate surface area is 109 Å². The average molecular weight is 270 g/mol. The predicted octanol–water partition coefficient (Wildman–Crippen LogP) is 2.95. The van der Waals surface area contributed by atoms with Gasteiger partial charge in [0, 0.05) is 0 Å². The van der Waals surface area contributed by atoms with Gasteiger partial charge in [0.2, 0.25) is 0 Å². The quantitative estimate of drug-likeness (QED) is 0.776. The van der Waals surface area contributed by atoms with E-state index in [2.05, 4.69) is 10.8 Å². The maximum Gasteiger partial charge on any atom is 0.310 e. The fraction of sp³-hybridized carbons (Fsp3) is 0.333. The van der Waals surface area contributed by atoms with Crippen LogP contribution in [0, 0.1) is 17.2 Å². The van der Waals surface area contributed by atoms with Crippen LogP contribution in [0.5, 0.6) is 0 Å². The van der Waals surface area contributed by atoms with E-state index in [4.69, 9.17) is 23.2 Å². The van der Waals surface area contributed by atoms with E-state index in [-0.39, 0.29) is 5.97 Å². The summed E-state index contributed by atoms with van der Waals surface area (Å²) < 4.78 is 4.66. The standard InChI is InChI=1S/C12H9Cl2NO2/c1-17-11(16)8-5-12(8,6-15)7-2-3-9(13)10(14)4-7/h2-4,8H,5H2,1H3/t8?,12-/m1/s1. The van der Waals surface area contributed by atoms with Crippen molar-refractivity contribution in [3.63, 3.8) is 0 Å². The van der Waals surface area contributed by atoms with E-state index in [0.717, 1.165) is 0 Å². The summed E-state index contributed by atoms with van der Waals surface area (Å²) in [5.41, 5.74) is -0.0915. The Morgan fingerprint density at radius 1 is 1.53 bits per heavy atom. The number of rotatable bonds is 2. The number of hydrogen-bond acceptors (Lipinski definition) is 3. The topological polar surface area (TPSA) is 50.1 Å². The molecule has 0 heterocycles. The lowest BCUT2D eigenvalue weighted by atomic mass is 9.95. The molecule has 0 aliphatic heterocycles. The Morgan fingerprint density at radius 2 is 2.24 bits per heavy atom. The summed E-state index contributed by atoms with van der Waals surface area (Å²) in [4.78, 5) is 11.4. The molecule has 2 atom stereocenters. The molecule has 1 unspecified atom stereocenters. The molecule has 3 nitrogen and oxygen atoms in total. The molecule has 2 rings (SSSR count). The lowest BCUT2D eigenvalue weighted by molar-refractivity contribution is -0.142. The highest BCUT2D eigenvalue weighted by molar-refractivity contribution is 6.42. The van der Waals surface area contributed by atoms with Gasteiger partial charge < -0.3 is 4.74 Å². The molecular weight excluding hydrogens is 261 g/mol. The van der Waals surface area contributed by atoms with Gasteiger partial charge in [-0.2, -0.15) is 5.26 Å². The molecule has 0 amide bonds. The third-order valence-corrected chi connectivity index (χ3v) is 3.82. The van der Waals surface area contributed by atoms with Crippen LogP contribution in [0.4, 0.5) is 0 Å². The molecule has 1 saturated carbocycles. The second-order valence-corrected chi connectivity index (χ2v) is 4.81. The van der Waals surface area contributed by atoms with Crippen LogP contribution in [0.25, 0.3) is 0 Å². The van der Waals surface area contributed by atoms with E-state index in [1.165, 1.54) is 7.11 Å². The van der Waals surface area contributed by atoms with E-state index >= 15 is 0 Å². The van der Waals surface area contributed by atoms with Crippen LogP contribution in [0.1, 0.15) is 12.0 Å². The summed E-state index contributed by atoms with van der Waals surface area (Å²) in [5.74, 6) is -0.771. The number of halogens is 2. The van der Waals surface area contributed by atoms with E-state index in [0.29, 0.717) is 22.0 Å². The second kappa shape index (κ2) is 4.21. The minimum atomic E-state index is -0.804. The Hall–Kier alpha value is -1.24. The molecule has 0 aromatic heterocycles. The molecule has 1 fully saturated rings. The van der Waals surface area contributed by atoms with Crippen molar-refractivity contribution in [3.8, 4) is 6.07 Å². The van der Waals surface area contributed by atoms with Gasteiger partial charge in [0.1, 0.15) is 0 Å². The first-order valence-corrected chi connectivity index (χ1v) is 5.75. The Bertz CT molecular complexity index is 524. The van der Waals surface area contributed by atoms with Gasteiger partial charge in [-0.3, -0.25) is 4.79 Å². The van der Waals surface area contributed by atoms with Crippen molar-refractivity contribution in [3.05, 3.63) is 33.8 Å². The minimum absolute atomic E-state index is 0.363. The highest BCUT2D eigenvalue weighted by Crippen LogP contribution is 2.55. The number of methoxy groups -OCH3 is 1. The Balaban J connectivity index is 2.36. The van der Waals surface area contributed by atoms with Crippen LogP contribution in [0.2, 0.25) is 10.0 Å². The molecule has 1 aromatic rings. The maximum atomic E-state index is 11.4. The summed E-state index contributed by atoms with van der Waals surface area (Å²) in [5, 5.41) is 10.1. The summed E-state index contributed by atoms with van der Waals surface area (Å²) in [6.07, 6.45) is 0.466. The smallest absolute Gasteiger partial charge is 0.310 e. The number of ether oxygens (including phenoxy) is 1. The summed E-state index contributed by atoms with van der Waals surface area (Å²) in [7, 11) is 1.32. The zero-order chi connectivity index (χ0) is 12.6. The summed E-state index contributed by atoms with van der Waals surface area (Å²) in [6, 6.07) is 7.17. The highest BCUT2D eigenvalue weighted by Gasteiger charge is 2.61. The van der Waals surface area contributed by atoms with Crippen molar-refractivity contribution >= 4 is 29.2 Å². The third-order valence-electron chi connectivity index (χ3n) is 3.08. The number of nitriles is 1. The molecule has 0 spiro atoms. The number of hydrogen-bond donors (Lipinski definition) is 0. The summed E-state index contributed by atoms with van der Waals surface area (Å²) in [6.45, 7) is 0. The zero-order valence-electron chi connectivity index (χ0n) is 9.04. The SMILES string of the molecule is COC(=O)C1C[C@@]1(C#N)c1ccc(Cl)c(Cl)c1. The van der Waals surface area contributed by atoms with Crippen LogP contribution in [0.3, 0.4) is 0 Å². The first-order valence-electron chi connectivity index (χ1n) is 5.00. The second-order valence-electron chi connectivity index (χ2n) is 3.99. The van der Waals surface area contributed by atoms with Crippen LogP contribution in [0.15, 0.2) is 18.2 Å². The number of carbonyl (C=O) groups excluding carboxylic acids is 1. The van der Waals surface area contributed by atoms with E-state index in [9.17, 15) is 10.1 Å². The number of esters is 1. The highest BCUT2D eigenvalue weighted by atomic mass is 35.5. The molecule has 5 heteroatoms. The largest absolute Gasteiger partial charge is 0.469 e. The van der Waals surface area contributed by atoms with Gasteiger partial charge in [-0.15, -0.1) is 0 Å². The van der Waals surface area contributed by atoms with Crippen LogP contribution < -0.4 is 0 Å². The molecular formula is C12H9Cl2NO2. The Morgan fingerprint density at radius 3 is 2.76 bits per heavy atom. The Kier molecular flexibility index (Phi) is 3.03. The number of carbonyl (C=O) groups is 1. The molecule has 1 aliphatic carbocycles. The molecule has 0 bridgehead atoms. The third kappa shape index (κ3) is 1.88. The normalized spacial score (nSPS) is 26.1. The van der Waals surface area contributed by atoms with Gasteiger partial charge in [0.05, 0.1) is 34.6 Å². The van der Waals surface area contributed by atoms with Gasteiger partial charge >= 0.3 is 5.97 Å².